The van der Waals surface area contributed by atoms with Crippen molar-refractivity contribution in [2.24, 2.45) is 11.3 Å². The summed E-state index contributed by atoms with van der Waals surface area (Å²) in [5.41, 5.74) is -0.365. The predicted molar refractivity (Wildman–Crippen MR) is 80.4 cm³/mol. The van der Waals surface area contributed by atoms with Gasteiger partial charge < -0.3 is 15.0 Å². The van der Waals surface area contributed by atoms with Gasteiger partial charge in [-0.05, 0) is 11.8 Å². The molecule has 0 bridgehead atoms. The van der Waals surface area contributed by atoms with Crippen molar-refractivity contribution < 1.29 is 14.3 Å². The average molecular weight is 286 g/mol. The Kier molecular flexibility index (Phi) is 8.46. The summed E-state index contributed by atoms with van der Waals surface area (Å²) in [5.74, 6) is -0.179. The number of hydrogen-bond donors (Lipinski definition) is 1. The highest BCUT2D eigenvalue weighted by molar-refractivity contribution is 5.81. The van der Waals surface area contributed by atoms with Crippen LogP contribution in [-0.4, -0.2) is 50.6 Å². The van der Waals surface area contributed by atoms with E-state index in [0.29, 0.717) is 19.6 Å². The van der Waals surface area contributed by atoms with Crippen molar-refractivity contribution in [3.8, 4) is 0 Å². The minimum atomic E-state index is -0.365. The summed E-state index contributed by atoms with van der Waals surface area (Å²) in [6.45, 7) is 9.59. The zero-order valence-corrected chi connectivity index (χ0v) is 13.8. The van der Waals surface area contributed by atoms with Crippen molar-refractivity contribution in [2.45, 2.75) is 40.5 Å². The molecule has 2 amide bonds. The van der Waals surface area contributed by atoms with Crippen LogP contribution < -0.4 is 5.32 Å². The van der Waals surface area contributed by atoms with Gasteiger partial charge in [0.15, 0.2) is 0 Å². The van der Waals surface area contributed by atoms with Crippen LogP contribution >= 0.6 is 0 Å². The molecule has 0 heterocycles. The van der Waals surface area contributed by atoms with Gasteiger partial charge in [0, 0.05) is 39.6 Å². The molecule has 1 unspecified atom stereocenters. The number of rotatable bonds is 9. The molecule has 1 atom stereocenters. The highest BCUT2D eigenvalue weighted by Gasteiger charge is 2.34. The van der Waals surface area contributed by atoms with E-state index in [1.807, 2.05) is 27.7 Å². The van der Waals surface area contributed by atoms with Crippen LogP contribution in [0.5, 0.6) is 0 Å². The van der Waals surface area contributed by atoms with Gasteiger partial charge in [-0.15, -0.1) is 0 Å². The van der Waals surface area contributed by atoms with Gasteiger partial charge in [-0.1, -0.05) is 27.7 Å². The third kappa shape index (κ3) is 6.89. The zero-order valence-electron chi connectivity index (χ0n) is 13.8. The fourth-order valence-electron chi connectivity index (χ4n) is 1.86. The topological polar surface area (TPSA) is 58.6 Å². The van der Waals surface area contributed by atoms with Crippen molar-refractivity contribution >= 4 is 11.8 Å². The average Bonchev–Trinajstić information content (AvgIpc) is 2.35. The Labute approximate surface area is 123 Å². The van der Waals surface area contributed by atoms with Crippen molar-refractivity contribution in [1.29, 1.82) is 0 Å². The van der Waals surface area contributed by atoms with Gasteiger partial charge in [-0.2, -0.15) is 0 Å². The molecule has 5 heteroatoms. The summed E-state index contributed by atoms with van der Waals surface area (Å²) in [6.07, 6.45) is 1.31. The van der Waals surface area contributed by atoms with Crippen LogP contribution in [-0.2, 0) is 14.3 Å². The van der Waals surface area contributed by atoms with Gasteiger partial charge in [0.2, 0.25) is 11.8 Å². The molecule has 0 aromatic rings. The van der Waals surface area contributed by atoms with E-state index in [9.17, 15) is 9.59 Å². The van der Waals surface area contributed by atoms with Gasteiger partial charge >= 0.3 is 0 Å². The van der Waals surface area contributed by atoms with Gasteiger partial charge in [0.25, 0.3) is 0 Å². The number of hydrogen-bond acceptors (Lipinski definition) is 3. The highest BCUT2D eigenvalue weighted by atomic mass is 16.5. The SMILES string of the molecule is CCCOCCNC(=O)CC(C)(C)C(C)C(=O)N(C)C. The molecule has 0 radical (unpaired) electrons. The second-order valence-corrected chi connectivity index (χ2v) is 6.08. The highest BCUT2D eigenvalue weighted by Crippen LogP contribution is 2.31. The van der Waals surface area contributed by atoms with Crippen LogP contribution in [0.15, 0.2) is 0 Å². The van der Waals surface area contributed by atoms with E-state index in [1.54, 1.807) is 19.0 Å². The van der Waals surface area contributed by atoms with Crippen LogP contribution in [0.25, 0.3) is 0 Å². The number of ether oxygens (including phenoxy) is 1. The van der Waals surface area contributed by atoms with Crippen molar-refractivity contribution in [3.63, 3.8) is 0 Å². The maximum absolute atomic E-state index is 12.0. The molecule has 0 aliphatic heterocycles. The fraction of sp³-hybridized carbons (Fsp3) is 0.867. The lowest BCUT2D eigenvalue weighted by atomic mass is 9.76. The van der Waals surface area contributed by atoms with Crippen LogP contribution in [0.3, 0.4) is 0 Å². The van der Waals surface area contributed by atoms with E-state index < -0.39 is 0 Å². The fourth-order valence-corrected chi connectivity index (χ4v) is 1.86. The number of nitrogens with zero attached hydrogens (tertiary/aromatic N) is 1. The summed E-state index contributed by atoms with van der Waals surface area (Å²) >= 11 is 0. The lowest BCUT2D eigenvalue weighted by molar-refractivity contribution is -0.137. The molecule has 0 aromatic heterocycles. The Morgan fingerprint density at radius 2 is 1.85 bits per heavy atom. The summed E-state index contributed by atoms with van der Waals surface area (Å²) in [6, 6.07) is 0. The van der Waals surface area contributed by atoms with Crippen LogP contribution in [0.2, 0.25) is 0 Å². The molecule has 0 aromatic carbocycles. The smallest absolute Gasteiger partial charge is 0.225 e. The van der Waals surface area contributed by atoms with Gasteiger partial charge in [-0.25, -0.2) is 0 Å². The van der Waals surface area contributed by atoms with E-state index in [-0.39, 0.29) is 23.1 Å². The maximum atomic E-state index is 12.0. The summed E-state index contributed by atoms with van der Waals surface area (Å²) in [7, 11) is 3.47. The number of amides is 2. The molecule has 0 saturated heterocycles. The zero-order chi connectivity index (χ0) is 15.8. The molecule has 20 heavy (non-hydrogen) atoms. The second-order valence-electron chi connectivity index (χ2n) is 6.08. The van der Waals surface area contributed by atoms with E-state index >= 15 is 0 Å². The first kappa shape index (κ1) is 18.9. The Morgan fingerprint density at radius 1 is 1.25 bits per heavy atom. The molecule has 0 saturated carbocycles. The quantitative estimate of drug-likeness (QED) is 0.656. The first-order valence-electron chi connectivity index (χ1n) is 7.28. The van der Waals surface area contributed by atoms with E-state index in [1.165, 1.54) is 0 Å². The summed E-state index contributed by atoms with van der Waals surface area (Å²) in [4.78, 5) is 25.4. The van der Waals surface area contributed by atoms with Gasteiger partial charge in [0.1, 0.15) is 0 Å². The monoisotopic (exact) mass is 286 g/mol. The van der Waals surface area contributed by atoms with Crippen LogP contribution in [0.4, 0.5) is 0 Å². The molecular weight excluding hydrogens is 256 g/mol. The molecule has 0 rings (SSSR count). The van der Waals surface area contributed by atoms with Crippen molar-refractivity contribution in [3.05, 3.63) is 0 Å². The third-order valence-electron chi connectivity index (χ3n) is 3.52. The Bertz CT molecular complexity index is 314. The molecule has 0 fully saturated rings. The standard InChI is InChI=1S/C15H30N2O3/c1-7-9-20-10-8-16-13(18)11-15(3,4)12(2)14(19)17(5)6/h12H,7-11H2,1-6H3,(H,16,18). The molecule has 118 valence electrons. The third-order valence-corrected chi connectivity index (χ3v) is 3.52. The lowest BCUT2D eigenvalue weighted by Gasteiger charge is -2.32. The number of carbonyl (C=O) groups is 2. The number of carbonyl (C=O) groups excluding carboxylic acids is 2. The first-order chi connectivity index (χ1) is 9.22. The predicted octanol–water partition coefficient (Wildman–Crippen LogP) is 1.67. The lowest BCUT2D eigenvalue weighted by Crippen LogP contribution is -2.40. The summed E-state index contributed by atoms with van der Waals surface area (Å²) < 4.78 is 5.30. The van der Waals surface area contributed by atoms with Gasteiger partial charge in [-0.3, -0.25) is 9.59 Å². The molecule has 5 nitrogen and oxygen atoms in total. The van der Waals surface area contributed by atoms with Gasteiger partial charge in [0.05, 0.1) is 6.61 Å². The van der Waals surface area contributed by atoms with Crippen LogP contribution in [0, 0.1) is 11.3 Å². The molecule has 1 N–H and O–H groups in total. The van der Waals surface area contributed by atoms with Crippen molar-refractivity contribution in [2.75, 3.05) is 33.9 Å². The Hall–Kier alpha value is -1.10. The minimum absolute atomic E-state index is 0.0338. The molecule has 0 aliphatic carbocycles. The largest absolute Gasteiger partial charge is 0.380 e. The molecular formula is C15H30N2O3. The normalized spacial score (nSPS) is 12.9. The van der Waals surface area contributed by atoms with E-state index in [0.717, 1.165) is 13.0 Å². The Morgan fingerprint density at radius 3 is 2.35 bits per heavy atom. The summed E-state index contributed by atoms with van der Waals surface area (Å²) in [5, 5.41) is 2.83. The van der Waals surface area contributed by atoms with Crippen LogP contribution in [0.1, 0.15) is 40.5 Å². The molecule has 0 spiro atoms. The van der Waals surface area contributed by atoms with E-state index in [4.69, 9.17) is 4.74 Å². The van der Waals surface area contributed by atoms with E-state index in [2.05, 4.69) is 5.32 Å². The van der Waals surface area contributed by atoms with Crippen molar-refractivity contribution in [1.82, 2.24) is 10.2 Å². The first-order valence-corrected chi connectivity index (χ1v) is 7.28. The second kappa shape index (κ2) is 8.95. The Balaban J connectivity index is 4.18. The minimum Gasteiger partial charge on any atom is -0.380 e. The number of nitrogens with one attached hydrogen (secondary N) is 1. The molecule has 0 aliphatic rings. The maximum Gasteiger partial charge on any atom is 0.225 e.